The summed E-state index contributed by atoms with van der Waals surface area (Å²) in [5.41, 5.74) is 7.59. The third kappa shape index (κ3) is 3.31. The first-order valence-electron chi connectivity index (χ1n) is 7.16. The van der Waals surface area contributed by atoms with Gasteiger partial charge < -0.3 is 15.8 Å². The van der Waals surface area contributed by atoms with Gasteiger partial charge in [0.2, 0.25) is 0 Å². The lowest BCUT2D eigenvalue weighted by molar-refractivity contribution is -0.125. The molecule has 0 heterocycles. The number of amides is 1. The number of ether oxygens (including phenoxy) is 1. The fourth-order valence-corrected chi connectivity index (χ4v) is 2.56. The van der Waals surface area contributed by atoms with E-state index in [1.165, 1.54) is 0 Å². The summed E-state index contributed by atoms with van der Waals surface area (Å²) < 4.78 is 5.67. The highest BCUT2D eigenvalue weighted by molar-refractivity contribution is 5.78. The van der Waals surface area contributed by atoms with Crippen molar-refractivity contribution in [3.8, 4) is 5.75 Å². The van der Waals surface area contributed by atoms with E-state index in [1.807, 2.05) is 39.0 Å². The van der Waals surface area contributed by atoms with Gasteiger partial charge in [-0.2, -0.15) is 0 Å². The minimum Gasteiger partial charge on any atom is -0.483 e. The number of carbonyl (C=O) groups excluding carboxylic acids is 1. The molecule has 0 aliphatic heterocycles. The lowest BCUT2D eigenvalue weighted by atomic mass is 9.96. The van der Waals surface area contributed by atoms with Crippen molar-refractivity contribution in [3.05, 3.63) is 29.3 Å². The van der Waals surface area contributed by atoms with E-state index in [1.54, 1.807) is 0 Å². The maximum Gasteiger partial charge on any atom is 0.258 e. The number of rotatable bonds is 6. The van der Waals surface area contributed by atoms with Gasteiger partial charge in [0.15, 0.2) is 6.61 Å². The summed E-state index contributed by atoms with van der Waals surface area (Å²) in [7, 11) is 0. The van der Waals surface area contributed by atoms with E-state index < -0.39 is 0 Å². The highest BCUT2D eigenvalue weighted by atomic mass is 16.5. The molecule has 1 fully saturated rings. The number of carbonyl (C=O) groups is 1. The number of para-hydroxylation sites is 1. The van der Waals surface area contributed by atoms with Crippen LogP contribution in [-0.4, -0.2) is 24.6 Å². The van der Waals surface area contributed by atoms with Gasteiger partial charge in [-0.15, -0.1) is 0 Å². The van der Waals surface area contributed by atoms with E-state index in [0.717, 1.165) is 29.7 Å². The number of benzene rings is 1. The van der Waals surface area contributed by atoms with E-state index in [9.17, 15) is 4.79 Å². The van der Waals surface area contributed by atoms with Crippen molar-refractivity contribution in [2.75, 3.05) is 13.2 Å². The van der Waals surface area contributed by atoms with Gasteiger partial charge in [-0.3, -0.25) is 4.79 Å². The summed E-state index contributed by atoms with van der Waals surface area (Å²) in [6.07, 6.45) is 2.29. The van der Waals surface area contributed by atoms with Crippen molar-refractivity contribution in [2.45, 2.75) is 39.2 Å². The number of aryl methyl sites for hydroxylation is 2. The normalized spacial score (nSPS) is 17.4. The molecule has 1 saturated carbocycles. The summed E-state index contributed by atoms with van der Waals surface area (Å²) in [4.78, 5) is 12.1. The molecular weight excluding hydrogens is 252 g/mol. The second-order valence-corrected chi connectivity index (χ2v) is 5.95. The van der Waals surface area contributed by atoms with Crippen molar-refractivity contribution in [1.29, 1.82) is 0 Å². The zero-order valence-corrected chi connectivity index (χ0v) is 12.5. The molecule has 2 rings (SSSR count). The van der Waals surface area contributed by atoms with Gasteiger partial charge in [0, 0.05) is 6.54 Å². The number of nitrogens with one attached hydrogen (secondary N) is 1. The van der Waals surface area contributed by atoms with Crippen LogP contribution in [0.15, 0.2) is 18.2 Å². The fraction of sp³-hybridized carbons (Fsp3) is 0.562. The van der Waals surface area contributed by atoms with Crippen LogP contribution in [0.4, 0.5) is 0 Å². The Morgan fingerprint density at radius 3 is 2.50 bits per heavy atom. The van der Waals surface area contributed by atoms with Crippen molar-refractivity contribution in [2.24, 2.45) is 11.7 Å². The van der Waals surface area contributed by atoms with Gasteiger partial charge in [-0.25, -0.2) is 0 Å². The molecule has 1 amide bonds. The molecule has 1 unspecified atom stereocenters. The molecule has 1 aliphatic carbocycles. The first-order chi connectivity index (χ1) is 9.46. The van der Waals surface area contributed by atoms with Gasteiger partial charge in [0.05, 0.1) is 5.54 Å². The molecule has 1 atom stereocenters. The lowest BCUT2D eigenvalue weighted by Crippen LogP contribution is -2.54. The molecule has 0 bridgehead atoms. The first-order valence-corrected chi connectivity index (χ1v) is 7.16. The standard InChI is InChI=1S/C16H24N2O2/c1-11-5-4-6-12(2)15(11)20-9-14(19)18-16(3,10-17)13-7-8-13/h4-6,13H,7-10,17H2,1-3H3,(H,18,19). The summed E-state index contributed by atoms with van der Waals surface area (Å²) in [6.45, 7) is 6.48. The molecule has 0 spiro atoms. The molecular formula is C16H24N2O2. The Morgan fingerprint density at radius 2 is 2.00 bits per heavy atom. The number of hydrogen-bond acceptors (Lipinski definition) is 3. The van der Waals surface area contributed by atoms with Gasteiger partial charge in [0.1, 0.15) is 5.75 Å². The van der Waals surface area contributed by atoms with Crippen LogP contribution in [0.25, 0.3) is 0 Å². The molecule has 0 aromatic heterocycles. The van der Waals surface area contributed by atoms with Crippen molar-refractivity contribution >= 4 is 5.91 Å². The second-order valence-electron chi connectivity index (χ2n) is 5.95. The summed E-state index contributed by atoms with van der Waals surface area (Å²) in [5.74, 6) is 1.20. The topological polar surface area (TPSA) is 64.3 Å². The lowest BCUT2D eigenvalue weighted by Gasteiger charge is -2.29. The first kappa shape index (κ1) is 14.9. The van der Waals surface area contributed by atoms with E-state index in [4.69, 9.17) is 10.5 Å². The maximum absolute atomic E-state index is 12.1. The molecule has 0 radical (unpaired) electrons. The Hall–Kier alpha value is -1.55. The summed E-state index contributed by atoms with van der Waals surface area (Å²) in [6, 6.07) is 5.94. The SMILES string of the molecule is Cc1cccc(C)c1OCC(=O)NC(C)(CN)C1CC1. The van der Waals surface area contributed by atoms with Crippen LogP contribution < -0.4 is 15.8 Å². The molecule has 20 heavy (non-hydrogen) atoms. The minimum atomic E-state index is -0.290. The molecule has 110 valence electrons. The minimum absolute atomic E-state index is 0.0357. The molecule has 4 heteroatoms. The molecule has 1 aliphatic rings. The zero-order chi connectivity index (χ0) is 14.8. The van der Waals surface area contributed by atoms with E-state index in [0.29, 0.717) is 12.5 Å². The van der Waals surface area contributed by atoms with Crippen LogP contribution in [0.5, 0.6) is 5.75 Å². The highest BCUT2D eigenvalue weighted by Gasteiger charge is 2.41. The van der Waals surface area contributed by atoms with Crippen LogP contribution >= 0.6 is 0 Å². The monoisotopic (exact) mass is 276 g/mol. The summed E-state index contributed by atoms with van der Waals surface area (Å²) >= 11 is 0. The Balaban J connectivity index is 1.92. The number of hydrogen-bond donors (Lipinski definition) is 2. The fourth-order valence-electron chi connectivity index (χ4n) is 2.56. The predicted molar refractivity (Wildman–Crippen MR) is 79.7 cm³/mol. The van der Waals surface area contributed by atoms with Gasteiger partial charge >= 0.3 is 0 Å². The molecule has 1 aromatic rings. The van der Waals surface area contributed by atoms with Crippen LogP contribution in [0, 0.1) is 19.8 Å². The Bertz CT molecular complexity index is 477. The van der Waals surface area contributed by atoms with Crippen molar-refractivity contribution in [3.63, 3.8) is 0 Å². The second kappa shape index (κ2) is 5.83. The van der Waals surface area contributed by atoms with E-state index in [-0.39, 0.29) is 18.1 Å². The quantitative estimate of drug-likeness (QED) is 0.834. The molecule has 1 aromatic carbocycles. The van der Waals surface area contributed by atoms with Gasteiger partial charge in [0.25, 0.3) is 5.91 Å². The molecule has 0 saturated heterocycles. The Kier molecular flexibility index (Phi) is 4.33. The zero-order valence-electron chi connectivity index (χ0n) is 12.5. The van der Waals surface area contributed by atoms with Gasteiger partial charge in [-0.1, -0.05) is 18.2 Å². The van der Waals surface area contributed by atoms with Crippen LogP contribution in [0.3, 0.4) is 0 Å². The number of nitrogens with two attached hydrogens (primary N) is 1. The Morgan fingerprint density at radius 1 is 1.40 bits per heavy atom. The highest BCUT2D eigenvalue weighted by Crippen LogP contribution is 2.38. The van der Waals surface area contributed by atoms with Gasteiger partial charge in [-0.05, 0) is 50.7 Å². The third-order valence-electron chi connectivity index (χ3n) is 4.08. The predicted octanol–water partition coefficient (Wildman–Crippen LogP) is 1.93. The van der Waals surface area contributed by atoms with Crippen molar-refractivity contribution < 1.29 is 9.53 Å². The van der Waals surface area contributed by atoms with E-state index >= 15 is 0 Å². The van der Waals surface area contributed by atoms with Crippen molar-refractivity contribution in [1.82, 2.24) is 5.32 Å². The maximum atomic E-state index is 12.1. The third-order valence-corrected chi connectivity index (χ3v) is 4.08. The summed E-state index contributed by atoms with van der Waals surface area (Å²) in [5, 5.41) is 3.03. The smallest absolute Gasteiger partial charge is 0.258 e. The average Bonchev–Trinajstić information content (AvgIpc) is 3.22. The van der Waals surface area contributed by atoms with E-state index in [2.05, 4.69) is 5.32 Å². The molecule has 4 nitrogen and oxygen atoms in total. The average molecular weight is 276 g/mol. The van der Waals surface area contributed by atoms with Crippen LogP contribution in [-0.2, 0) is 4.79 Å². The van der Waals surface area contributed by atoms with Crippen LogP contribution in [0.1, 0.15) is 30.9 Å². The Labute approximate surface area is 120 Å². The van der Waals surface area contributed by atoms with Crippen LogP contribution in [0.2, 0.25) is 0 Å². The molecule has 3 N–H and O–H groups in total. The largest absolute Gasteiger partial charge is 0.483 e.